The quantitative estimate of drug-likeness (QED) is 0.418. The first-order valence-corrected chi connectivity index (χ1v) is 10.7. The number of carbonyl (C=O) groups is 2. The highest BCUT2D eigenvalue weighted by Crippen LogP contribution is 2.69. The fourth-order valence-corrected chi connectivity index (χ4v) is 7.98. The molecule has 1 heterocycles. The summed E-state index contributed by atoms with van der Waals surface area (Å²) >= 11 is 0. The monoisotopic (exact) mass is 372 g/mol. The van der Waals surface area contributed by atoms with Crippen molar-refractivity contribution < 1.29 is 14.3 Å². The molecule has 0 bridgehead atoms. The van der Waals surface area contributed by atoms with E-state index in [-0.39, 0.29) is 35.7 Å². The molecule has 0 aromatic carbocycles. The Morgan fingerprint density at radius 2 is 1.81 bits per heavy atom. The molecule has 1 spiro atoms. The van der Waals surface area contributed by atoms with Crippen molar-refractivity contribution in [3.63, 3.8) is 0 Å². The minimum Gasteiger partial charge on any atom is -0.458 e. The van der Waals surface area contributed by atoms with Crippen molar-refractivity contribution >= 4 is 11.8 Å². The molecule has 0 N–H and O–H groups in total. The van der Waals surface area contributed by atoms with Crippen LogP contribution in [-0.4, -0.2) is 17.4 Å². The molecule has 3 saturated carbocycles. The first-order valence-electron chi connectivity index (χ1n) is 10.7. The van der Waals surface area contributed by atoms with Gasteiger partial charge in [0, 0.05) is 24.7 Å². The van der Waals surface area contributed by atoms with Gasteiger partial charge in [0.15, 0.2) is 0 Å². The molecule has 5 aliphatic rings. The predicted molar refractivity (Wildman–Crippen MR) is 106 cm³/mol. The molecule has 150 valence electrons. The summed E-state index contributed by atoms with van der Waals surface area (Å²) in [5, 5.41) is 0. The number of rotatable bonds is 0. The Hall–Kier alpha value is -1.12. The van der Waals surface area contributed by atoms with Gasteiger partial charge in [-0.15, -0.1) is 0 Å². The molecule has 3 nitrogen and oxygen atoms in total. The predicted octanol–water partition coefficient (Wildman–Crippen LogP) is 5.48. The average molecular weight is 373 g/mol. The second-order valence-electron chi connectivity index (χ2n) is 10.5. The maximum Gasteiger partial charge on any atom is 0.309 e. The lowest BCUT2D eigenvalue weighted by Crippen LogP contribution is -2.54. The molecule has 4 fully saturated rings. The lowest BCUT2D eigenvalue weighted by molar-refractivity contribution is -0.167. The first-order chi connectivity index (χ1) is 12.3. The molecule has 7 atom stereocenters. The molecule has 0 aromatic rings. The molecule has 3 heteroatoms. The highest BCUT2D eigenvalue weighted by atomic mass is 16.6. The van der Waals surface area contributed by atoms with Crippen molar-refractivity contribution in [2.45, 2.75) is 91.6 Å². The van der Waals surface area contributed by atoms with E-state index in [1.54, 1.807) is 0 Å². The van der Waals surface area contributed by atoms with Crippen molar-refractivity contribution in [1.82, 2.24) is 0 Å². The number of fused-ring (bicyclic) bond motifs is 6. The molecule has 27 heavy (non-hydrogen) atoms. The van der Waals surface area contributed by atoms with Gasteiger partial charge in [-0.2, -0.15) is 0 Å². The van der Waals surface area contributed by atoms with E-state index in [0.29, 0.717) is 30.0 Å². The summed E-state index contributed by atoms with van der Waals surface area (Å²) in [6, 6.07) is 0. The normalized spacial score (nSPS) is 51.0. The first kappa shape index (κ1) is 19.2. The number of esters is 1. The lowest BCUT2D eigenvalue weighted by atomic mass is 9.47. The van der Waals surface area contributed by atoms with Crippen molar-refractivity contribution in [2.75, 3.05) is 0 Å². The summed E-state index contributed by atoms with van der Waals surface area (Å²) in [6.07, 6.45) is 11.6. The molecular formula is C24H36O3. The minimum absolute atomic E-state index is 0. The fraction of sp³-hybridized carbons (Fsp3) is 0.833. The van der Waals surface area contributed by atoms with E-state index in [1.807, 2.05) is 6.92 Å². The summed E-state index contributed by atoms with van der Waals surface area (Å²) in [7, 11) is 0. The molecule has 0 radical (unpaired) electrons. The maximum absolute atomic E-state index is 12.2. The summed E-state index contributed by atoms with van der Waals surface area (Å²) in [6.45, 7) is 6.90. The Morgan fingerprint density at radius 3 is 2.52 bits per heavy atom. The van der Waals surface area contributed by atoms with Gasteiger partial charge in [0.2, 0.25) is 0 Å². The molecule has 0 unspecified atom stereocenters. The summed E-state index contributed by atoms with van der Waals surface area (Å²) in [5.41, 5.74) is 1.60. The van der Waals surface area contributed by atoms with Crippen molar-refractivity contribution in [1.29, 1.82) is 0 Å². The van der Waals surface area contributed by atoms with Crippen molar-refractivity contribution in [3.05, 3.63) is 11.6 Å². The highest BCUT2D eigenvalue weighted by Gasteiger charge is 2.67. The number of Topliss-reactive ketones (excluding diaryl/α,β-unsaturated/α-hetero) is 1. The van der Waals surface area contributed by atoms with Gasteiger partial charge in [-0.05, 0) is 61.7 Å². The van der Waals surface area contributed by atoms with Crippen LogP contribution in [0.3, 0.4) is 0 Å². The van der Waals surface area contributed by atoms with E-state index >= 15 is 0 Å². The van der Waals surface area contributed by atoms with Crippen LogP contribution in [0.4, 0.5) is 0 Å². The second-order valence-corrected chi connectivity index (χ2v) is 10.5. The van der Waals surface area contributed by atoms with Crippen LogP contribution in [0.2, 0.25) is 0 Å². The number of ketones is 1. The number of hydrogen-bond acceptors (Lipinski definition) is 3. The van der Waals surface area contributed by atoms with Gasteiger partial charge >= 0.3 is 5.97 Å². The van der Waals surface area contributed by atoms with E-state index in [4.69, 9.17) is 4.74 Å². The van der Waals surface area contributed by atoms with Gasteiger partial charge in [-0.3, -0.25) is 9.59 Å². The Kier molecular flexibility index (Phi) is 4.22. The van der Waals surface area contributed by atoms with Crippen LogP contribution in [0.5, 0.6) is 0 Å². The topological polar surface area (TPSA) is 43.4 Å². The molecular weight excluding hydrogens is 336 g/mol. The Labute approximate surface area is 164 Å². The molecule has 0 amide bonds. The van der Waals surface area contributed by atoms with Crippen LogP contribution in [0.1, 0.15) is 86.0 Å². The molecule has 1 aliphatic heterocycles. The van der Waals surface area contributed by atoms with Gasteiger partial charge in [0.1, 0.15) is 11.4 Å². The van der Waals surface area contributed by atoms with Gasteiger partial charge in [0.05, 0.1) is 5.92 Å². The Bertz CT molecular complexity index is 708. The Morgan fingerprint density at radius 1 is 1.07 bits per heavy atom. The standard InChI is InChI=1S/C23H32O3.CH4/c1-14-13-23(26-20(14)25)11-8-19-17-5-4-15-12-16(24)6-9-21(15,2)18(17)7-10-22(19,23)3;/h4,14,17-19H,5-13H2,1-3H3;1H4/t14-,17+,18-,19-,21-,22-,23+;/m0./s1. The van der Waals surface area contributed by atoms with Crippen molar-refractivity contribution in [3.8, 4) is 0 Å². The number of hydrogen-bond donors (Lipinski definition) is 0. The largest absolute Gasteiger partial charge is 0.458 e. The summed E-state index contributed by atoms with van der Waals surface area (Å²) in [4.78, 5) is 24.2. The average Bonchev–Trinajstić information content (AvgIpc) is 3.05. The molecule has 0 aromatic heterocycles. The summed E-state index contributed by atoms with van der Waals surface area (Å²) in [5.74, 6) is 2.58. The SMILES string of the molecule is C.C[C@H]1C[C@@]2(CC[C@H]3[C@@H]4CC=C5CC(=O)CC[C@]5(C)[C@H]4CC[C@@]32C)OC1=O. The third kappa shape index (κ3) is 2.32. The van der Waals surface area contributed by atoms with Gasteiger partial charge in [-0.1, -0.05) is 39.8 Å². The zero-order valence-electron chi connectivity index (χ0n) is 16.5. The fourth-order valence-electron chi connectivity index (χ4n) is 7.98. The van der Waals surface area contributed by atoms with E-state index in [9.17, 15) is 9.59 Å². The third-order valence-electron chi connectivity index (χ3n) is 9.56. The lowest BCUT2D eigenvalue weighted by Gasteiger charge is -2.58. The van der Waals surface area contributed by atoms with Crippen LogP contribution in [0.15, 0.2) is 11.6 Å². The van der Waals surface area contributed by atoms with Crippen LogP contribution in [0.25, 0.3) is 0 Å². The maximum atomic E-state index is 12.2. The van der Waals surface area contributed by atoms with Gasteiger partial charge in [-0.25, -0.2) is 0 Å². The number of ether oxygens (including phenoxy) is 1. The zero-order chi connectivity index (χ0) is 18.3. The smallest absolute Gasteiger partial charge is 0.309 e. The van der Waals surface area contributed by atoms with Gasteiger partial charge in [0.25, 0.3) is 0 Å². The minimum atomic E-state index is -0.202. The Balaban J connectivity index is 0.00000180. The van der Waals surface area contributed by atoms with Crippen LogP contribution < -0.4 is 0 Å². The van der Waals surface area contributed by atoms with E-state index in [2.05, 4.69) is 19.9 Å². The molecule has 5 rings (SSSR count). The van der Waals surface area contributed by atoms with E-state index < -0.39 is 0 Å². The van der Waals surface area contributed by atoms with Crippen LogP contribution in [0, 0.1) is 34.5 Å². The van der Waals surface area contributed by atoms with Gasteiger partial charge < -0.3 is 4.74 Å². The van der Waals surface area contributed by atoms with Crippen LogP contribution in [-0.2, 0) is 14.3 Å². The number of carbonyl (C=O) groups excluding carboxylic acids is 2. The second kappa shape index (κ2) is 5.94. The zero-order valence-corrected chi connectivity index (χ0v) is 16.5. The highest BCUT2D eigenvalue weighted by molar-refractivity contribution is 5.82. The van der Waals surface area contributed by atoms with Crippen molar-refractivity contribution in [2.24, 2.45) is 34.5 Å². The van der Waals surface area contributed by atoms with E-state index in [0.717, 1.165) is 32.1 Å². The molecule has 4 aliphatic carbocycles. The van der Waals surface area contributed by atoms with E-state index in [1.165, 1.54) is 24.8 Å². The molecule has 1 saturated heterocycles. The number of allylic oxidation sites excluding steroid dienone is 2. The van der Waals surface area contributed by atoms with Crippen LogP contribution >= 0.6 is 0 Å². The third-order valence-corrected chi connectivity index (χ3v) is 9.56. The summed E-state index contributed by atoms with van der Waals surface area (Å²) < 4.78 is 6.12.